The maximum absolute atomic E-state index is 13.2. The van der Waals surface area contributed by atoms with Gasteiger partial charge < -0.3 is 9.80 Å². The molecule has 2 rings (SSSR count). The normalized spacial score (nSPS) is 15.1. The first-order chi connectivity index (χ1) is 20.7. The van der Waals surface area contributed by atoms with E-state index in [4.69, 9.17) is 0 Å². The van der Waals surface area contributed by atoms with Crippen molar-refractivity contribution in [3.05, 3.63) is 71.8 Å². The number of nitrogens with one attached hydrogen (secondary N) is 1. The molecule has 0 saturated heterocycles. The van der Waals surface area contributed by atoms with E-state index < -0.39 is 37.7 Å². The van der Waals surface area contributed by atoms with Crippen molar-refractivity contribution in [2.75, 3.05) is 28.2 Å². The van der Waals surface area contributed by atoms with Gasteiger partial charge in [0.2, 0.25) is 12.3 Å². The monoisotopic (exact) mass is 676 g/mol. The van der Waals surface area contributed by atoms with Gasteiger partial charge in [0.15, 0.2) is 0 Å². The van der Waals surface area contributed by atoms with Crippen molar-refractivity contribution >= 4 is 40.0 Å². The Kier molecular flexibility index (Phi) is 16.4. The maximum atomic E-state index is 13.2. The SMILES string of the molecule is CC(C)(C)C(=N[S@@](=O)C(C)(C)C)c1ccccc1.CN(C)C(=O)[C@](N[S@@](=O)C(C)(C)C)(c1ccccc1)C(C)(C)C.CN(C)C=O. The van der Waals surface area contributed by atoms with E-state index >= 15 is 0 Å². The Morgan fingerprint density at radius 1 is 0.717 bits per heavy atom. The second-order valence-electron chi connectivity index (χ2n) is 15.5. The molecule has 0 aliphatic rings. The fraction of sp³-hybridized carbons (Fsp3) is 0.583. The van der Waals surface area contributed by atoms with E-state index in [2.05, 4.69) is 29.9 Å². The summed E-state index contributed by atoms with van der Waals surface area (Å²) >= 11 is 0. The molecule has 1 N–H and O–H groups in total. The molecule has 0 aliphatic carbocycles. The average Bonchev–Trinajstić information content (AvgIpc) is 2.93. The van der Waals surface area contributed by atoms with E-state index in [1.807, 2.05) is 123 Å². The van der Waals surface area contributed by atoms with Crippen molar-refractivity contribution in [1.82, 2.24) is 14.5 Å². The molecule has 0 aromatic heterocycles. The van der Waals surface area contributed by atoms with Crippen molar-refractivity contribution < 1.29 is 18.0 Å². The van der Waals surface area contributed by atoms with Crippen LogP contribution in [0.5, 0.6) is 0 Å². The van der Waals surface area contributed by atoms with E-state index in [-0.39, 0.29) is 16.1 Å². The molecule has 0 radical (unpaired) electrons. The topological polar surface area (TPSA) is 99.2 Å². The smallest absolute Gasteiger partial charge is 0.248 e. The van der Waals surface area contributed by atoms with E-state index in [1.165, 1.54) is 4.90 Å². The first kappa shape index (κ1) is 43.3. The molecular formula is C36H60N4O4S2. The molecule has 2 aromatic carbocycles. The number of carbonyl (C=O) groups excluding carboxylic acids is 2. The molecule has 46 heavy (non-hydrogen) atoms. The van der Waals surface area contributed by atoms with E-state index in [1.54, 1.807) is 33.1 Å². The Morgan fingerprint density at radius 3 is 1.43 bits per heavy atom. The van der Waals surface area contributed by atoms with Crippen LogP contribution < -0.4 is 4.72 Å². The fourth-order valence-corrected chi connectivity index (χ4v) is 5.80. The summed E-state index contributed by atoms with van der Waals surface area (Å²) in [6.07, 6.45) is 0.750. The van der Waals surface area contributed by atoms with Crippen LogP contribution in [0, 0.1) is 10.8 Å². The van der Waals surface area contributed by atoms with Crippen molar-refractivity contribution in [2.24, 2.45) is 15.2 Å². The van der Waals surface area contributed by atoms with Gasteiger partial charge in [0.05, 0.1) is 26.2 Å². The zero-order valence-electron chi connectivity index (χ0n) is 31.1. The molecule has 0 heterocycles. The Balaban J connectivity index is 0.000000783. The van der Waals surface area contributed by atoms with Crippen LogP contribution >= 0.6 is 0 Å². The minimum absolute atomic E-state index is 0.103. The molecule has 8 nitrogen and oxygen atoms in total. The summed E-state index contributed by atoms with van der Waals surface area (Å²) in [4.78, 5) is 25.6. The Labute approximate surface area is 285 Å². The summed E-state index contributed by atoms with van der Waals surface area (Å²) < 4.78 is 31.9. The van der Waals surface area contributed by atoms with Crippen molar-refractivity contribution in [3.63, 3.8) is 0 Å². The predicted molar refractivity (Wildman–Crippen MR) is 197 cm³/mol. The summed E-state index contributed by atoms with van der Waals surface area (Å²) in [6, 6.07) is 19.5. The number of hydrogen-bond donors (Lipinski definition) is 1. The van der Waals surface area contributed by atoms with Gasteiger partial charge in [-0.3, -0.25) is 9.59 Å². The average molecular weight is 677 g/mol. The number of benzene rings is 2. The lowest BCUT2D eigenvalue weighted by Crippen LogP contribution is -2.63. The molecule has 0 aliphatic heterocycles. The zero-order chi connectivity index (χ0) is 36.3. The summed E-state index contributed by atoms with van der Waals surface area (Å²) in [5, 5.41) is 0. The Hall–Kier alpha value is -2.69. The van der Waals surface area contributed by atoms with Gasteiger partial charge in [0.25, 0.3) is 0 Å². The quantitative estimate of drug-likeness (QED) is 0.259. The predicted octanol–water partition coefficient (Wildman–Crippen LogP) is 6.76. The van der Waals surface area contributed by atoms with Crippen LogP contribution in [0.25, 0.3) is 0 Å². The number of likely N-dealkylation sites (N-methyl/N-ethyl adjacent to an activating group) is 1. The Morgan fingerprint density at radius 2 is 1.13 bits per heavy atom. The highest BCUT2D eigenvalue weighted by Crippen LogP contribution is 2.41. The molecule has 10 heteroatoms. The molecule has 0 spiro atoms. The lowest BCUT2D eigenvalue weighted by Gasteiger charge is -2.46. The fourth-order valence-electron chi connectivity index (χ4n) is 3.89. The van der Waals surface area contributed by atoms with Gasteiger partial charge in [-0.05, 0) is 58.1 Å². The van der Waals surface area contributed by atoms with Crippen molar-refractivity contribution in [1.29, 1.82) is 0 Å². The number of hydrogen-bond acceptors (Lipinski definition) is 4. The lowest BCUT2D eigenvalue weighted by molar-refractivity contribution is -0.140. The second-order valence-corrected chi connectivity index (χ2v) is 19.4. The van der Waals surface area contributed by atoms with Gasteiger partial charge in [-0.25, -0.2) is 13.1 Å². The third kappa shape index (κ3) is 13.2. The molecule has 0 bridgehead atoms. The minimum Gasteiger partial charge on any atom is -0.351 e. The number of rotatable bonds is 7. The molecular weight excluding hydrogens is 617 g/mol. The zero-order valence-corrected chi connectivity index (χ0v) is 32.8. The first-order valence-corrected chi connectivity index (χ1v) is 17.6. The van der Waals surface area contributed by atoms with E-state index in [9.17, 15) is 18.0 Å². The third-order valence-electron chi connectivity index (χ3n) is 6.53. The summed E-state index contributed by atoms with van der Waals surface area (Å²) in [7, 11) is 4.22. The van der Waals surface area contributed by atoms with Gasteiger partial charge in [0.1, 0.15) is 16.5 Å². The van der Waals surface area contributed by atoms with Crippen LogP contribution in [-0.4, -0.2) is 73.9 Å². The van der Waals surface area contributed by atoms with Gasteiger partial charge in [-0.1, -0.05) is 102 Å². The highest BCUT2D eigenvalue weighted by Gasteiger charge is 2.52. The molecule has 2 amide bonds. The van der Waals surface area contributed by atoms with E-state index in [0.29, 0.717) is 0 Å². The van der Waals surface area contributed by atoms with Crippen LogP contribution in [0.1, 0.15) is 94.2 Å². The summed E-state index contributed by atoms with van der Waals surface area (Å²) in [6.45, 7) is 23.8. The lowest BCUT2D eigenvalue weighted by atomic mass is 9.69. The van der Waals surface area contributed by atoms with Crippen LogP contribution in [0.3, 0.4) is 0 Å². The van der Waals surface area contributed by atoms with E-state index in [0.717, 1.165) is 23.2 Å². The number of amides is 2. The van der Waals surface area contributed by atoms with Crippen LogP contribution in [0.4, 0.5) is 0 Å². The number of carbonyl (C=O) groups is 2. The van der Waals surface area contributed by atoms with Crippen molar-refractivity contribution in [2.45, 2.75) is 98.1 Å². The third-order valence-corrected chi connectivity index (χ3v) is 9.53. The van der Waals surface area contributed by atoms with Gasteiger partial charge in [-0.15, -0.1) is 0 Å². The van der Waals surface area contributed by atoms with Gasteiger partial charge >= 0.3 is 0 Å². The second kappa shape index (κ2) is 17.5. The van der Waals surface area contributed by atoms with Crippen LogP contribution in [0.2, 0.25) is 0 Å². The van der Waals surface area contributed by atoms with Gasteiger partial charge in [-0.2, -0.15) is 4.40 Å². The highest BCUT2D eigenvalue weighted by molar-refractivity contribution is 7.85. The summed E-state index contributed by atoms with van der Waals surface area (Å²) in [5.41, 5.74) is 1.09. The minimum atomic E-state index is -1.39. The molecule has 0 saturated carbocycles. The largest absolute Gasteiger partial charge is 0.351 e. The molecule has 0 fully saturated rings. The van der Waals surface area contributed by atoms with Crippen molar-refractivity contribution in [3.8, 4) is 0 Å². The number of nitrogens with zero attached hydrogens (tertiary/aromatic N) is 3. The molecule has 260 valence electrons. The van der Waals surface area contributed by atoms with Crippen LogP contribution in [0.15, 0.2) is 65.1 Å². The Bertz CT molecular complexity index is 1320. The molecule has 0 unspecified atom stereocenters. The standard InChI is InChI=1S/C18H30N2O2S.C15H23NOS.C3H7NO/c1-16(2,3)18(15(21)20(7)8,14-12-10-9-11-13-14)19-23(22)17(4,5)6;1-14(2,3)13(12-10-8-7-9-11-12)16-18(17)15(4,5)6;1-4(2)3-5/h9-13,19H,1-8H3;7-11H,1-6H3;3H,1-2H3/t18-,23+;18-;/m10./s1. The molecule has 2 aromatic rings. The van der Waals surface area contributed by atoms with Crippen LogP contribution in [-0.2, 0) is 37.1 Å². The first-order valence-electron chi connectivity index (χ1n) is 15.4. The summed E-state index contributed by atoms with van der Waals surface area (Å²) in [5.74, 6) is -0.103. The highest BCUT2D eigenvalue weighted by atomic mass is 32.2. The maximum Gasteiger partial charge on any atom is 0.248 e. The molecule has 3 atom stereocenters. The van der Waals surface area contributed by atoms with Gasteiger partial charge in [0, 0.05) is 33.6 Å².